The van der Waals surface area contributed by atoms with Crippen molar-refractivity contribution in [3.63, 3.8) is 0 Å². The highest BCUT2D eigenvalue weighted by atomic mass is 16.3. The highest BCUT2D eigenvalue weighted by Gasteiger charge is 2.17. The molecule has 1 amide bonds. The maximum Gasteiger partial charge on any atom is 0.291 e. The van der Waals surface area contributed by atoms with Gasteiger partial charge in [-0.05, 0) is 25.0 Å². The van der Waals surface area contributed by atoms with Gasteiger partial charge in [-0.3, -0.25) is 9.48 Å². The molecule has 4 rings (SSSR count). The largest absolute Gasteiger partial charge is 0.451 e. The molecule has 0 spiro atoms. The normalized spacial score (nSPS) is 11.0. The van der Waals surface area contributed by atoms with E-state index in [1.807, 2.05) is 60.3 Å². The van der Waals surface area contributed by atoms with E-state index in [0.717, 1.165) is 23.9 Å². The van der Waals surface area contributed by atoms with Crippen LogP contribution < -0.4 is 5.32 Å². The quantitative estimate of drug-likeness (QED) is 0.582. The number of anilines is 1. The van der Waals surface area contributed by atoms with Crippen molar-refractivity contribution in [1.82, 2.24) is 9.78 Å². The lowest BCUT2D eigenvalue weighted by molar-refractivity contribution is 0.0998. The van der Waals surface area contributed by atoms with Gasteiger partial charge in [-0.15, -0.1) is 0 Å². The first kappa shape index (κ1) is 16.1. The summed E-state index contributed by atoms with van der Waals surface area (Å²) in [6, 6.07) is 17.9. The predicted octanol–water partition coefficient (Wildman–Crippen LogP) is 4.43. The van der Waals surface area contributed by atoms with Gasteiger partial charge in [-0.1, -0.05) is 48.5 Å². The lowest BCUT2D eigenvalue weighted by Gasteiger charge is -2.02. The van der Waals surface area contributed by atoms with E-state index in [1.165, 1.54) is 5.56 Å². The Morgan fingerprint density at radius 1 is 1.12 bits per heavy atom. The molecule has 0 atom stereocenters. The number of hydrogen-bond acceptors (Lipinski definition) is 3. The zero-order valence-corrected chi connectivity index (χ0v) is 14.5. The Bertz CT molecular complexity index is 1050. The molecule has 1 N–H and O–H groups in total. The zero-order chi connectivity index (χ0) is 17.9. The van der Waals surface area contributed by atoms with Crippen molar-refractivity contribution in [2.24, 2.45) is 0 Å². The number of para-hydroxylation sites is 1. The van der Waals surface area contributed by atoms with Crippen LogP contribution in [0.2, 0.25) is 0 Å². The summed E-state index contributed by atoms with van der Waals surface area (Å²) in [5.41, 5.74) is 3.47. The van der Waals surface area contributed by atoms with Crippen molar-refractivity contribution >= 4 is 22.6 Å². The van der Waals surface area contributed by atoms with Crippen LogP contribution >= 0.6 is 0 Å². The van der Waals surface area contributed by atoms with Gasteiger partial charge in [-0.2, -0.15) is 5.10 Å². The van der Waals surface area contributed by atoms with E-state index >= 15 is 0 Å². The van der Waals surface area contributed by atoms with Crippen molar-refractivity contribution in [3.8, 4) is 0 Å². The second-order valence-electron chi connectivity index (χ2n) is 6.23. The number of rotatable bonds is 5. The van der Waals surface area contributed by atoms with Crippen LogP contribution in [-0.2, 0) is 13.0 Å². The maximum absolute atomic E-state index is 12.6. The first-order valence-corrected chi connectivity index (χ1v) is 8.56. The van der Waals surface area contributed by atoms with E-state index in [2.05, 4.69) is 22.5 Å². The smallest absolute Gasteiger partial charge is 0.291 e. The van der Waals surface area contributed by atoms with Gasteiger partial charge >= 0.3 is 0 Å². The molecule has 0 bridgehead atoms. The van der Waals surface area contributed by atoms with Crippen molar-refractivity contribution in [3.05, 3.63) is 83.9 Å². The SMILES string of the molecule is Cc1c(C(=O)Nc2cnn(CCc3ccccc3)c2)oc2ccccc12. The number of carbonyl (C=O) groups excluding carboxylic acids is 1. The number of amides is 1. The van der Waals surface area contributed by atoms with Gasteiger partial charge in [0.2, 0.25) is 0 Å². The lowest BCUT2D eigenvalue weighted by Crippen LogP contribution is -2.11. The molecular weight excluding hydrogens is 326 g/mol. The van der Waals surface area contributed by atoms with Crippen LogP contribution in [-0.4, -0.2) is 15.7 Å². The molecule has 4 aromatic rings. The summed E-state index contributed by atoms with van der Waals surface area (Å²) >= 11 is 0. The maximum atomic E-state index is 12.6. The molecule has 0 aliphatic carbocycles. The van der Waals surface area contributed by atoms with Crippen LogP contribution in [0.5, 0.6) is 0 Å². The minimum atomic E-state index is -0.263. The molecule has 0 fully saturated rings. The number of nitrogens with zero attached hydrogens (tertiary/aromatic N) is 2. The van der Waals surface area contributed by atoms with Crippen LogP contribution in [0.3, 0.4) is 0 Å². The van der Waals surface area contributed by atoms with E-state index in [4.69, 9.17) is 4.42 Å². The number of nitrogens with one attached hydrogen (secondary N) is 1. The number of aryl methyl sites for hydroxylation is 3. The van der Waals surface area contributed by atoms with E-state index < -0.39 is 0 Å². The Balaban J connectivity index is 1.44. The minimum Gasteiger partial charge on any atom is -0.451 e. The average molecular weight is 345 g/mol. The molecule has 5 nitrogen and oxygen atoms in total. The van der Waals surface area contributed by atoms with Crippen molar-refractivity contribution in [2.75, 3.05) is 5.32 Å². The second-order valence-corrected chi connectivity index (χ2v) is 6.23. The fourth-order valence-corrected chi connectivity index (χ4v) is 3.02. The Hall–Kier alpha value is -3.34. The molecule has 2 aromatic heterocycles. The van der Waals surface area contributed by atoms with E-state index in [1.54, 1.807) is 6.20 Å². The number of carbonyl (C=O) groups is 1. The first-order valence-electron chi connectivity index (χ1n) is 8.56. The molecule has 26 heavy (non-hydrogen) atoms. The Morgan fingerprint density at radius 3 is 2.69 bits per heavy atom. The van der Waals surface area contributed by atoms with Crippen molar-refractivity contribution in [1.29, 1.82) is 0 Å². The van der Waals surface area contributed by atoms with E-state index in [-0.39, 0.29) is 5.91 Å². The zero-order valence-electron chi connectivity index (χ0n) is 14.5. The fourth-order valence-electron chi connectivity index (χ4n) is 3.02. The van der Waals surface area contributed by atoms with Crippen molar-refractivity contribution < 1.29 is 9.21 Å². The third kappa shape index (κ3) is 3.24. The van der Waals surface area contributed by atoms with Gasteiger partial charge in [0.1, 0.15) is 5.58 Å². The van der Waals surface area contributed by atoms with Crippen LogP contribution in [0, 0.1) is 6.92 Å². The average Bonchev–Trinajstić information content (AvgIpc) is 3.25. The summed E-state index contributed by atoms with van der Waals surface area (Å²) < 4.78 is 7.53. The molecule has 0 saturated carbocycles. The first-order chi connectivity index (χ1) is 12.7. The summed E-state index contributed by atoms with van der Waals surface area (Å²) in [6.45, 7) is 2.65. The van der Waals surface area contributed by atoms with Crippen LogP contribution in [0.4, 0.5) is 5.69 Å². The van der Waals surface area contributed by atoms with E-state index in [0.29, 0.717) is 17.0 Å². The van der Waals surface area contributed by atoms with Gasteiger partial charge < -0.3 is 9.73 Å². The summed E-state index contributed by atoms with van der Waals surface area (Å²) in [7, 11) is 0. The summed E-state index contributed by atoms with van der Waals surface area (Å²) in [4.78, 5) is 12.6. The summed E-state index contributed by atoms with van der Waals surface area (Å²) in [5, 5.41) is 8.13. The van der Waals surface area contributed by atoms with Gasteiger partial charge in [0.05, 0.1) is 11.9 Å². The molecule has 0 unspecified atom stereocenters. The van der Waals surface area contributed by atoms with Crippen LogP contribution in [0.1, 0.15) is 21.7 Å². The topological polar surface area (TPSA) is 60.1 Å². The van der Waals surface area contributed by atoms with E-state index in [9.17, 15) is 4.79 Å². The molecule has 2 heterocycles. The highest BCUT2D eigenvalue weighted by molar-refractivity contribution is 6.06. The third-order valence-electron chi connectivity index (χ3n) is 4.41. The highest BCUT2D eigenvalue weighted by Crippen LogP contribution is 2.25. The van der Waals surface area contributed by atoms with Gasteiger partial charge in [0.15, 0.2) is 5.76 Å². The molecule has 5 heteroatoms. The summed E-state index contributed by atoms with van der Waals surface area (Å²) in [6.07, 6.45) is 4.37. The summed E-state index contributed by atoms with van der Waals surface area (Å²) in [5.74, 6) is 0.0737. The Morgan fingerprint density at radius 2 is 1.88 bits per heavy atom. The second kappa shape index (κ2) is 6.88. The number of benzene rings is 2. The standard InChI is InChI=1S/C21H19N3O2/c1-15-18-9-5-6-10-19(18)26-20(15)21(25)23-17-13-22-24(14-17)12-11-16-7-3-2-4-8-16/h2-10,13-14H,11-12H2,1H3,(H,23,25). The van der Waals surface area contributed by atoms with Gasteiger partial charge in [-0.25, -0.2) is 0 Å². The number of aromatic nitrogens is 2. The molecule has 130 valence electrons. The Kier molecular flexibility index (Phi) is 4.27. The molecule has 2 aromatic carbocycles. The van der Waals surface area contributed by atoms with Crippen molar-refractivity contribution in [2.45, 2.75) is 19.9 Å². The fraction of sp³-hybridized carbons (Fsp3) is 0.143. The predicted molar refractivity (Wildman–Crippen MR) is 101 cm³/mol. The number of fused-ring (bicyclic) bond motifs is 1. The van der Waals surface area contributed by atoms with Crippen LogP contribution in [0.25, 0.3) is 11.0 Å². The minimum absolute atomic E-state index is 0.263. The van der Waals surface area contributed by atoms with Crippen LogP contribution in [0.15, 0.2) is 71.4 Å². The Labute approximate surface area is 151 Å². The molecule has 0 aliphatic heterocycles. The third-order valence-corrected chi connectivity index (χ3v) is 4.41. The number of hydrogen-bond donors (Lipinski definition) is 1. The molecular formula is C21H19N3O2. The molecule has 0 radical (unpaired) electrons. The molecule has 0 saturated heterocycles. The lowest BCUT2D eigenvalue weighted by atomic mass is 10.1. The van der Waals surface area contributed by atoms with Gasteiger partial charge in [0.25, 0.3) is 5.91 Å². The number of furan rings is 1. The van der Waals surface area contributed by atoms with Gasteiger partial charge in [0, 0.05) is 23.7 Å². The molecule has 0 aliphatic rings. The monoisotopic (exact) mass is 345 g/mol.